The monoisotopic (exact) mass is 240 g/mol. The minimum Gasteiger partial charge on any atom is -0.397 e. The Morgan fingerprint density at radius 3 is 2.71 bits per heavy atom. The van der Waals surface area contributed by atoms with E-state index in [1.807, 2.05) is 4.90 Å². The fourth-order valence-corrected chi connectivity index (χ4v) is 2.61. The van der Waals surface area contributed by atoms with Crippen molar-refractivity contribution in [2.75, 3.05) is 17.2 Å². The lowest BCUT2D eigenvalue weighted by molar-refractivity contribution is 0.473. The van der Waals surface area contributed by atoms with E-state index in [2.05, 4.69) is 13.8 Å². The van der Waals surface area contributed by atoms with E-state index in [0.717, 1.165) is 25.5 Å². The maximum absolute atomic E-state index is 13.9. The molecule has 1 aromatic carbocycles. The van der Waals surface area contributed by atoms with Crippen molar-refractivity contribution < 1.29 is 8.78 Å². The first kappa shape index (κ1) is 12.1. The standard InChI is InChI=1S/C13H18F2N2/c1-8(2)11-4-3-7-17(11)13-10(16)6-5-9(14)12(13)15/h5-6,8,11H,3-4,7,16H2,1-2H3. The lowest BCUT2D eigenvalue weighted by Crippen LogP contribution is -2.34. The molecule has 0 bridgehead atoms. The van der Waals surface area contributed by atoms with Gasteiger partial charge in [-0.05, 0) is 30.9 Å². The smallest absolute Gasteiger partial charge is 0.184 e. The van der Waals surface area contributed by atoms with Crippen LogP contribution >= 0.6 is 0 Å². The largest absolute Gasteiger partial charge is 0.397 e. The molecule has 0 saturated carbocycles. The third-order valence-corrected chi connectivity index (χ3v) is 3.46. The second-order valence-electron chi connectivity index (χ2n) is 4.95. The SMILES string of the molecule is CC(C)C1CCCN1c1c(N)ccc(F)c1F. The van der Waals surface area contributed by atoms with Gasteiger partial charge in [-0.3, -0.25) is 0 Å². The molecule has 1 aliphatic rings. The first-order chi connectivity index (χ1) is 8.02. The summed E-state index contributed by atoms with van der Waals surface area (Å²) < 4.78 is 27.1. The maximum Gasteiger partial charge on any atom is 0.184 e. The Hall–Kier alpha value is -1.32. The molecule has 1 saturated heterocycles. The predicted molar refractivity (Wildman–Crippen MR) is 66.0 cm³/mol. The molecule has 0 aromatic heterocycles. The first-order valence-corrected chi connectivity index (χ1v) is 6.02. The van der Waals surface area contributed by atoms with Crippen molar-refractivity contribution in [2.45, 2.75) is 32.7 Å². The highest BCUT2D eigenvalue weighted by Crippen LogP contribution is 2.36. The van der Waals surface area contributed by atoms with Gasteiger partial charge in [-0.2, -0.15) is 0 Å². The molecule has 1 aliphatic heterocycles. The molecule has 1 fully saturated rings. The fourth-order valence-electron chi connectivity index (χ4n) is 2.61. The number of hydrogen-bond acceptors (Lipinski definition) is 2. The van der Waals surface area contributed by atoms with E-state index in [1.54, 1.807) is 0 Å². The number of hydrogen-bond donors (Lipinski definition) is 1. The van der Waals surface area contributed by atoms with Crippen LogP contribution in [0.4, 0.5) is 20.2 Å². The van der Waals surface area contributed by atoms with Crippen molar-refractivity contribution in [3.63, 3.8) is 0 Å². The van der Waals surface area contributed by atoms with E-state index in [9.17, 15) is 8.78 Å². The molecule has 4 heteroatoms. The van der Waals surface area contributed by atoms with E-state index < -0.39 is 11.6 Å². The number of anilines is 2. The molecule has 0 amide bonds. The van der Waals surface area contributed by atoms with Crippen molar-refractivity contribution in [3.05, 3.63) is 23.8 Å². The first-order valence-electron chi connectivity index (χ1n) is 6.02. The van der Waals surface area contributed by atoms with E-state index in [4.69, 9.17) is 5.73 Å². The molecule has 17 heavy (non-hydrogen) atoms. The van der Waals surface area contributed by atoms with Gasteiger partial charge in [0.2, 0.25) is 0 Å². The molecule has 2 N–H and O–H groups in total. The van der Waals surface area contributed by atoms with Crippen molar-refractivity contribution in [1.29, 1.82) is 0 Å². The van der Waals surface area contributed by atoms with Gasteiger partial charge in [-0.1, -0.05) is 13.8 Å². The number of nitrogens with two attached hydrogens (primary N) is 1. The molecule has 1 atom stereocenters. The molecular weight excluding hydrogens is 222 g/mol. The van der Waals surface area contributed by atoms with E-state index >= 15 is 0 Å². The fraction of sp³-hybridized carbons (Fsp3) is 0.538. The average molecular weight is 240 g/mol. The Kier molecular flexibility index (Phi) is 3.22. The molecule has 1 aromatic rings. The number of benzene rings is 1. The van der Waals surface area contributed by atoms with Gasteiger partial charge in [-0.25, -0.2) is 8.78 Å². The van der Waals surface area contributed by atoms with Crippen LogP contribution in [0.15, 0.2) is 12.1 Å². The van der Waals surface area contributed by atoms with Crippen LogP contribution in [0.3, 0.4) is 0 Å². The summed E-state index contributed by atoms with van der Waals surface area (Å²) >= 11 is 0. The highest BCUT2D eigenvalue weighted by molar-refractivity contribution is 5.69. The van der Waals surface area contributed by atoms with Crippen LogP contribution in [-0.2, 0) is 0 Å². The van der Waals surface area contributed by atoms with Crippen LogP contribution in [0.5, 0.6) is 0 Å². The summed E-state index contributed by atoms with van der Waals surface area (Å²) in [5.74, 6) is -1.25. The lowest BCUT2D eigenvalue weighted by atomic mass is 10.0. The van der Waals surface area contributed by atoms with Crippen LogP contribution in [0.2, 0.25) is 0 Å². The van der Waals surface area contributed by atoms with Crippen molar-refractivity contribution >= 4 is 11.4 Å². The zero-order chi connectivity index (χ0) is 12.6. The highest BCUT2D eigenvalue weighted by atomic mass is 19.2. The molecule has 94 valence electrons. The van der Waals surface area contributed by atoms with Gasteiger partial charge in [-0.15, -0.1) is 0 Å². The van der Waals surface area contributed by atoms with Crippen molar-refractivity contribution in [3.8, 4) is 0 Å². The van der Waals surface area contributed by atoms with Gasteiger partial charge in [0, 0.05) is 12.6 Å². The second kappa shape index (κ2) is 4.51. The number of nitrogens with zero attached hydrogens (tertiary/aromatic N) is 1. The molecule has 2 nitrogen and oxygen atoms in total. The third-order valence-electron chi connectivity index (χ3n) is 3.46. The van der Waals surface area contributed by atoms with Gasteiger partial charge in [0.05, 0.1) is 11.4 Å². The summed E-state index contributed by atoms with van der Waals surface area (Å²) in [4.78, 5) is 1.92. The number of nitrogen functional groups attached to an aromatic ring is 1. The summed E-state index contributed by atoms with van der Waals surface area (Å²) in [6.45, 7) is 4.93. The average Bonchev–Trinajstić information content (AvgIpc) is 2.73. The van der Waals surface area contributed by atoms with E-state index in [-0.39, 0.29) is 11.7 Å². The predicted octanol–water partition coefficient (Wildman–Crippen LogP) is 3.17. The molecule has 0 aliphatic carbocycles. The van der Waals surface area contributed by atoms with Crippen LogP contribution in [0.1, 0.15) is 26.7 Å². The molecular formula is C13H18F2N2. The van der Waals surface area contributed by atoms with Crippen LogP contribution in [0.25, 0.3) is 0 Å². The summed E-state index contributed by atoms with van der Waals surface area (Å²) in [6.07, 6.45) is 2.01. The minimum atomic E-state index is -0.830. The van der Waals surface area contributed by atoms with E-state index in [0.29, 0.717) is 11.6 Å². The van der Waals surface area contributed by atoms with Gasteiger partial charge in [0.1, 0.15) is 0 Å². The van der Waals surface area contributed by atoms with Gasteiger partial charge >= 0.3 is 0 Å². The van der Waals surface area contributed by atoms with Crippen LogP contribution < -0.4 is 10.6 Å². The normalized spacial score (nSPS) is 20.3. The Bertz CT molecular complexity index is 418. The van der Waals surface area contributed by atoms with Crippen molar-refractivity contribution in [2.24, 2.45) is 5.92 Å². The molecule has 1 unspecified atom stereocenters. The number of halogens is 2. The summed E-state index contributed by atoms with van der Waals surface area (Å²) in [7, 11) is 0. The summed E-state index contributed by atoms with van der Waals surface area (Å²) in [6, 6.07) is 2.76. The summed E-state index contributed by atoms with van der Waals surface area (Å²) in [5, 5.41) is 0. The highest BCUT2D eigenvalue weighted by Gasteiger charge is 2.31. The quantitative estimate of drug-likeness (QED) is 0.804. The zero-order valence-corrected chi connectivity index (χ0v) is 10.2. The van der Waals surface area contributed by atoms with Gasteiger partial charge < -0.3 is 10.6 Å². The van der Waals surface area contributed by atoms with E-state index in [1.165, 1.54) is 6.07 Å². The van der Waals surface area contributed by atoms with Crippen LogP contribution in [-0.4, -0.2) is 12.6 Å². The van der Waals surface area contributed by atoms with Gasteiger partial charge in [0.15, 0.2) is 11.6 Å². The molecule has 1 heterocycles. The third kappa shape index (κ3) is 2.08. The van der Waals surface area contributed by atoms with Gasteiger partial charge in [0.25, 0.3) is 0 Å². The number of rotatable bonds is 2. The molecule has 2 rings (SSSR count). The summed E-state index contributed by atoms with van der Waals surface area (Å²) in [5.41, 5.74) is 6.34. The minimum absolute atomic E-state index is 0.237. The zero-order valence-electron chi connectivity index (χ0n) is 10.2. The Morgan fingerprint density at radius 2 is 2.06 bits per heavy atom. The lowest BCUT2D eigenvalue weighted by Gasteiger charge is -2.31. The Labute approximate surface area is 100 Å². The second-order valence-corrected chi connectivity index (χ2v) is 4.95. The van der Waals surface area contributed by atoms with Crippen molar-refractivity contribution in [1.82, 2.24) is 0 Å². The Morgan fingerprint density at radius 1 is 1.35 bits per heavy atom. The molecule has 0 spiro atoms. The maximum atomic E-state index is 13.9. The van der Waals surface area contributed by atoms with Crippen LogP contribution in [0, 0.1) is 17.6 Å². The molecule has 0 radical (unpaired) electrons. The Balaban J connectivity index is 2.43. The topological polar surface area (TPSA) is 29.3 Å².